The second kappa shape index (κ2) is 9.01. The Bertz CT molecular complexity index is 1020. The van der Waals surface area contributed by atoms with Crippen molar-refractivity contribution in [2.45, 2.75) is 31.6 Å². The Labute approximate surface area is 177 Å². The minimum atomic E-state index is -3.77. The van der Waals surface area contributed by atoms with Gasteiger partial charge in [-0.05, 0) is 38.8 Å². The summed E-state index contributed by atoms with van der Waals surface area (Å²) < 4.78 is 33.1. The third kappa shape index (κ3) is 4.91. The molecule has 0 bridgehead atoms. The molecule has 1 aromatic carbocycles. The van der Waals surface area contributed by atoms with Gasteiger partial charge in [-0.2, -0.15) is 4.31 Å². The van der Waals surface area contributed by atoms with Gasteiger partial charge in [0, 0.05) is 51.1 Å². The molecule has 0 spiro atoms. The summed E-state index contributed by atoms with van der Waals surface area (Å²) >= 11 is 0. The number of sulfonamides is 1. The Hall–Kier alpha value is -2.65. The van der Waals surface area contributed by atoms with Gasteiger partial charge in [-0.3, -0.25) is 4.79 Å². The lowest BCUT2D eigenvalue weighted by atomic mass is 9.97. The van der Waals surface area contributed by atoms with Crippen LogP contribution >= 0.6 is 0 Å². The number of nitrogens with one attached hydrogen (secondary N) is 1. The van der Waals surface area contributed by atoms with E-state index in [1.165, 1.54) is 4.31 Å². The Morgan fingerprint density at radius 2 is 1.83 bits per heavy atom. The zero-order valence-electron chi connectivity index (χ0n) is 17.8. The summed E-state index contributed by atoms with van der Waals surface area (Å²) in [6, 6.07) is 7.61. The van der Waals surface area contributed by atoms with E-state index in [9.17, 15) is 13.2 Å². The quantitative estimate of drug-likeness (QED) is 0.754. The molecule has 0 atom stereocenters. The first-order chi connectivity index (χ1) is 14.2. The van der Waals surface area contributed by atoms with Crippen LogP contribution in [0, 0.1) is 19.8 Å². The van der Waals surface area contributed by atoms with Crippen molar-refractivity contribution in [2.24, 2.45) is 5.92 Å². The molecule has 8 nitrogen and oxygen atoms in total. The van der Waals surface area contributed by atoms with Gasteiger partial charge in [0.1, 0.15) is 5.69 Å². The highest BCUT2D eigenvalue weighted by molar-refractivity contribution is 7.89. The molecule has 1 saturated heterocycles. The molecule has 162 valence electrons. The lowest BCUT2D eigenvalue weighted by molar-refractivity contribution is -0.120. The van der Waals surface area contributed by atoms with Crippen molar-refractivity contribution in [3.63, 3.8) is 0 Å². The minimum absolute atomic E-state index is 0.0772. The van der Waals surface area contributed by atoms with Crippen LogP contribution in [0.15, 0.2) is 39.9 Å². The van der Waals surface area contributed by atoms with E-state index in [4.69, 9.17) is 4.52 Å². The van der Waals surface area contributed by atoms with Crippen LogP contribution in [-0.4, -0.2) is 55.9 Å². The maximum Gasteiger partial charge on any atom is 0.248 e. The fraction of sp³-hybridized carbons (Fsp3) is 0.429. The molecule has 2 aromatic rings. The van der Waals surface area contributed by atoms with Gasteiger partial charge >= 0.3 is 0 Å². The SMILES string of the molecule is Cc1ccc(NC(=O)C2CCN(S(=O)(=O)c3c(C)noc3/C=C/N(C)C)CC2)cc1. The summed E-state index contributed by atoms with van der Waals surface area (Å²) in [7, 11) is -0.0978. The summed E-state index contributed by atoms with van der Waals surface area (Å²) in [5, 5.41) is 6.76. The number of anilines is 1. The molecule has 0 saturated carbocycles. The number of hydrogen-bond acceptors (Lipinski definition) is 6. The van der Waals surface area contributed by atoms with Gasteiger partial charge in [0.25, 0.3) is 0 Å². The van der Waals surface area contributed by atoms with E-state index in [1.54, 1.807) is 24.1 Å². The van der Waals surface area contributed by atoms with E-state index >= 15 is 0 Å². The standard InChI is InChI=1S/C21H28N4O4S/c1-15-5-7-18(8-6-15)22-21(26)17-9-13-25(14-10-17)30(27,28)20-16(2)23-29-19(20)11-12-24(3)4/h5-8,11-12,17H,9-10,13-14H2,1-4H3,(H,22,26)/b12-11+. The Balaban J connectivity index is 1.68. The third-order valence-electron chi connectivity index (χ3n) is 5.10. The van der Waals surface area contributed by atoms with Crippen molar-refractivity contribution >= 4 is 27.7 Å². The van der Waals surface area contributed by atoms with E-state index < -0.39 is 10.0 Å². The van der Waals surface area contributed by atoms with Crippen molar-refractivity contribution in [3.05, 3.63) is 47.5 Å². The van der Waals surface area contributed by atoms with E-state index in [1.807, 2.05) is 45.3 Å². The van der Waals surface area contributed by atoms with Gasteiger partial charge in [-0.25, -0.2) is 8.42 Å². The van der Waals surface area contributed by atoms with Crippen molar-refractivity contribution < 1.29 is 17.7 Å². The molecule has 0 radical (unpaired) electrons. The number of hydrogen-bond donors (Lipinski definition) is 1. The number of rotatable bonds is 6. The van der Waals surface area contributed by atoms with Crippen molar-refractivity contribution in [3.8, 4) is 0 Å². The molecular weight excluding hydrogens is 404 g/mol. The lowest BCUT2D eigenvalue weighted by Gasteiger charge is -2.30. The summed E-state index contributed by atoms with van der Waals surface area (Å²) in [4.78, 5) is 14.4. The van der Waals surface area contributed by atoms with Crippen LogP contribution < -0.4 is 5.32 Å². The van der Waals surface area contributed by atoms with Crippen LogP contribution in [0.2, 0.25) is 0 Å². The predicted molar refractivity (Wildman–Crippen MR) is 115 cm³/mol. The number of amides is 1. The topological polar surface area (TPSA) is 95.8 Å². The van der Waals surface area contributed by atoms with Crippen LogP contribution in [0.4, 0.5) is 5.69 Å². The largest absolute Gasteiger partial charge is 0.383 e. The minimum Gasteiger partial charge on any atom is -0.383 e. The van der Waals surface area contributed by atoms with Crippen molar-refractivity contribution in [2.75, 3.05) is 32.5 Å². The molecular formula is C21H28N4O4S. The van der Waals surface area contributed by atoms with Crippen LogP contribution in [-0.2, 0) is 14.8 Å². The van der Waals surface area contributed by atoms with Crippen LogP contribution in [0.25, 0.3) is 6.08 Å². The Morgan fingerprint density at radius 3 is 2.43 bits per heavy atom. The molecule has 2 heterocycles. The normalized spacial score (nSPS) is 16.1. The number of nitrogens with zero attached hydrogens (tertiary/aromatic N) is 3. The Morgan fingerprint density at radius 1 is 1.20 bits per heavy atom. The number of carbonyl (C=O) groups is 1. The first kappa shape index (κ1) is 22.0. The van der Waals surface area contributed by atoms with E-state index in [0.717, 1.165) is 11.3 Å². The molecule has 1 N–H and O–H groups in total. The molecule has 9 heteroatoms. The first-order valence-corrected chi connectivity index (χ1v) is 11.3. The third-order valence-corrected chi connectivity index (χ3v) is 7.16. The number of piperidine rings is 1. The fourth-order valence-corrected chi connectivity index (χ4v) is 5.10. The van der Waals surface area contributed by atoms with Gasteiger partial charge < -0.3 is 14.7 Å². The number of benzene rings is 1. The van der Waals surface area contributed by atoms with Gasteiger partial charge in [-0.15, -0.1) is 0 Å². The first-order valence-electron chi connectivity index (χ1n) is 9.87. The molecule has 3 rings (SSSR count). The molecule has 1 amide bonds. The maximum absolute atomic E-state index is 13.2. The van der Waals surface area contributed by atoms with Crippen LogP contribution in [0.1, 0.15) is 29.9 Å². The number of carbonyl (C=O) groups excluding carboxylic acids is 1. The second-order valence-electron chi connectivity index (χ2n) is 7.77. The van der Waals surface area contributed by atoms with Gasteiger partial charge in [0.05, 0.1) is 0 Å². The maximum atomic E-state index is 13.2. The van der Waals surface area contributed by atoms with Gasteiger partial charge in [-0.1, -0.05) is 22.9 Å². The number of aromatic nitrogens is 1. The summed E-state index contributed by atoms with van der Waals surface area (Å²) in [6.07, 6.45) is 4.23. The molecule has 1 aliphatic rings. The average Bonchev–Trinajstić information content (AvgIpc) is 3.09. The molecule has 1 fully saturated rings. The van der Waals surface area contributed by atoms with Crippen molar-refractivity contribution in [1.82, 2.24) is 14.4 Å². The highest BCUT2D eigenvalue weighted by atomic mass is 32.2. The van der Waals surface area contributed by atoms with Crippen LogP contribution in [0.3, 0.4) is 0 Å². The zero-order chi connectivity index (χ0) is 21.9. The van der Waals surface area contributed by atoms with Crippen molar-refractivity contribution in [1.29, 1.82) is 0 Å². The fourth-order valence-electron chi connectivity index (χ4n) is 3.38. The molecule has 1 aliphatic heterocycles. The second-order valence-corrected chi connectivity index (χ2v) is 9.65. The molecule has 1 aromatic heterocycles. The Kier molecular flexibility index (Phi) is 6.62. The monoisotopic (exact) mass is 432 g/mol. The smallest absolute Gasteiger partial charge is 0.248 e. The average molecular weight is 433 g/mol. The summed E-state index contributed by atoms with van der Waals surface area (Å²) in [6.45, 7) is 4.15. The molecule has 0 aliphatic carbocycles. The van der Waals surface area contributed by atoms with E-state index in [-0.39, 0.29) is 35.6 Å². The summed E-state index contributed by atoms with van der Waals surface area (Å²) in [5.41, 5.74) is 2.20. The van der Waals surface area contributed by atoms with E-state index in [0.29, 0.717) is 18.5 Å². The molecule has 30 heavy (non-hydrogen) atoms. The highest BCUT2D eigenvalue weighted by Gasteiger charge is 2.35. The summed E-state index contributed by atoms with van der Waals surface area (Å²) in [5.74, 6) is -0.0958. The van der Waals surface area contributed by atoms with Gasteiger partial charge in [0.2, 0.25) is 15.9 Å². The van der Waals surface area contributed by atoms with Crippen LogP contribution in [0.5, 0.6) is 0 Å². The molecule has 0 unspecified atom stereocenters. The zero-order valence-corrected chi connectivity index (χ0v) is 18.6. The van der Waals surface area contributed by atoms with Gasteiger partial charge in [0.15, 0.2) is 10.7 Å². The van der Waals surface area contributed by atoms with E-state index in [2.05, 4.69) is 10.5 Å². The highest BCUT2D eigenvalue weighted by Crippen LogP contribution is 2.29. The lowest BCUT2D eigenvalue weighted by Crippen LogP contribution is -2.41. The number of aryl methyl sites for hydroxylation is 2. The predicted octanol–water partition coefficient (Wildman–Crippen LogP) is 2.86.